The van der Waals surface area contributed by atoms with Gasteiger partial charge < -0.3 is 0 Å². The Balaban J connectivity index is 0.000000222. The molecule has 0 aromatic carbocycles. The zero-order valence-electron chi connectivity index (χ0n) is 3.87. The fourth-order valence-electron chi connectivity index (χ4n) is 0.147. The van der Waals surface area contributed by atoms with Gasteiger partial charge in [-0.25, -0.2) is 15.2 Å². The van der Waals surface area contributed by atoms with Crippen LogP contribution in [0.1, 0.15) is 0 Å². The maximum atomic E-state index is 11.3. The fraction of sp³-hybridized carbons (Fsp3) is 0.667. The number of rotatable bonds is 0. The van der Waals surface area contributed by atoms with Crippen molar-refractivity contribution < 1.29 is 23.6 Å². The first-order valence-electron chi connectivity index (χ1n) is 1.77. The molecule has 1 rings (SSSR count). The molecule has 0 bridgehead atoms. The van der Waals surface area contributed by atoms with E-state index >= 15 is 0 Å². The molecule has 0 spiro atoms. The number of alkyl halides is 3. The van der Waals surface area contributed by atoms with E-state index in [0.717, 1.165) is 6.42 Å². The standard InChI is InChI=1S/C3H2ClF2.HI.Zn/c4-2-1-3(2,5)6;;/h1-2H;1H;/q-1;;+2/p-1/t2-;;/m1../s1. The Morgan fingerprint density at radius 1 is 1.62 bits per heavy atom. The summed E-state index contributed by atoms with van der Waals surface area (Å²) in [4.78, 5) is 0. The normalized spacial score (nSPS) is 30.5. The second-order valence-electron chi connectivity index (χ2n) is 1.24. The Kier molecular flexibility index (Phi) is 4.30. The summed E-state index contributed by atoms with van der Waals surface area (Å²) in [7, 11) is 0. The molecule has 0 heterocycles. The third-order valence-electron chi connectivity index (χ3n) is 0.627. The molecule has 0 aliphatic heterocycles. The summed E-state index contributed by atoms with van der Waals surface area (Å²) in [6, 6.07) is 0. The molecule has 1 saturated carbocycles. The average molecular weight is 304 g/mol. The molecule has 0 aromatic rings. The van der Waals surface area contributed by atoms with Crippen LogP contribution in [0.3, 0.4) is 0 Å². The Labute approximate surface area is 72.2 Å². The first-order valence-corrected chi connectivity index (χ1v) is 11.3. The van der Waals surface area contributed by atoms with Gasteiger partial charge in [-0.1, -0.05) is 5.38 Å². The fourth-order valence-corrected chi connectivity index (χ4v) is 0.315. The minimum atomic E-state index is -2.65. The van der Waals surface area contributed by atoms with Crippen molar-refractivity contribution in [1.29, 1.82) is 0 Å². The number of hydrogen-bond acceptors (Lipinski definition) is 0. The maximum absolute atomic E-state index is 11.3. The molecule has 44 valence electrons. The topological polar surface area (TPSA) is 0 Å². The van der Waals surface area contributed by atoms with Crippen molar-refractivity contribution in [3.05, 3.63) is 6.42 Å². The SMILES string of the molecule is FC1(F)[CH-][C@H]1Cl.[Zn+][I]. The predicted molar refractivity (Wildman–Crippen MR) is 32.9 cm³/mol. The van der Waals surface area contributed by atoms with Gasteiger partial charge in [-0.2, -0.15) is 11.6 Å². The molecule has 0 nitrogen and oxygen atoms in total. The van der Waals surface area contributed by atoms with Crippen molar-refractivity contribution in [2.24, 2.45) is 0 Å². The Hall–Kier alpha value is 1.50. The summed E-state index contributed by atoms with van der Waals surface area (Å²) < 4.78 is 22.7. The van der Waals surface area contributed by atoms with Gasteiger partial charge in [0.25, 0.3) is 0 Å². The van der Waals surface area contributed by atoms with Gasteiger partial charge in [0.15, 0.2) is 0 Å². The molecule has 0 radical (unpaired) electrons. The second-order valence-corrected chi connectivity index (χ2v) is 1.71. The van der Waals surface area contributed by atoms with Gasteiger partial charge in [-0.15, -0.1) is 0 Å². The van der Waals surface area contributed by atoms with Crippen LogP contribution in [0, 0.1) is 6.42 Å². The first kappa shape index (κ1) is 9.50. The average Bonchev–Trinajstić information content (AvgIpc) is 2.19. The van der Waals surface area contributed by atoms with Crippen molar-refractivity contribution >= 4 is 31.4 Å². The number of halogens is 4. The summed E-state index contributed by atoms with van der Waals surface area (Å²) in [5, 5.41) is -0.988. The van der Waals surface area contributed by atoms with Crippen molar-refractivity contribution in [2.75, 3.05) is 0 Å². The van der Waals surface area contributed by atoms with Gasteiger partial charge in [-0.3, -0.25) is 0 Å². The van der Waals surface area contributed by atoms with E-state index in [9.17, 15) is 8.78 Å². The van der Waals surface area contributed by atoms with E-state index in [4.69, 9.17) is 11.6 Å². The zero-order chi connectivity index (χ0) is 6.78. The molecular weight excluding hydrogens is 302 g/mol. The van der Waals surface area contributed by atoms with Crippen LogP contribution in [-0.2, 0) is 14.8 Å². The zero-order valence-corrected chi connectivity index (χ0v) is 9.75. The molecule has 1 fully saturated rings. The van der Waals surface area contributed by atoms with Gasteiger partial charge in [0.1, 0.15) is 5.92 Å². The van der Waals surface area contributed by atoms with E-state index in [0.29, 0.717) is 0 Å². The summed E-state index contributed by atoms with van der Waals surface area (Å²) in [6.45, 7) is 0. The molecule has 0 N–H and O–H groups in total. The third kappa shape index (κ3) is 2.88. The molecule has 5 heteroatoms. The van der Waals surface area contributed by atoms with Crippen molar-refractivity contribution in [1.82, 2.24) is 0 Å². The van der Waals surface area contributed by atoms with Gasteiger partial charge in [0.05, 0.1) is 0 Å². The molecule has 8 heavy (non-hydrogen) atoms. The molecule has 1 aliphatic carbocycles. The van der Waals surface area contributed by atoms with Crippen LogP contribution < -0.4 is 0 Å². The van der Waals surface area contributed by atoms with Gasteiger partial charge in [-0.05, 0) is 0 Å². The van der Waals surface area contributed by atoms with E-state index in [1.54, 1.807) is 0 Å². The molecule has 0 aromatic heterocycles. The quantitative estimate of drug-likeness (QED) is 0.279. The molecule has 0 unspecified atom stereocenters. The minimum absolute atomic E-state index is 0.786. The van der Waals surface area contributed by atoms with Gasteiger partial charge in [0, 0.05) is 0 Å². The van der Waals surface area contributed by atoms with Crippen LogP contribution in [0.4, 0.5) is 8.78 Å². The van der Waals surface area contributed by atoms with E-state index in [1.165, 1.54) is 14.8 Å². The van der Waals surface area contributed by atoms with Crippen LogP contribution in [0.5, 0.6) is 0 Å². The Morgan fingerprint density at radius 3 is 1.75 bits per heavy atom. The van der Waals surface area contributed by atoms with E-state index in [2.05, 4.69) is 19.8 Å². The van der Waals surface area contributed by atoms with E-state index < -0.39 is 11.3 Å². The molecule has 1 atom stereocenters. The Morgan fingerprint density at radius 2 is 1.75 bits per heavy atom. The van der Waals surface area contributed by atoms with Gasteiger partial charge >= 0.3 is 34.5 Å². The van der Waals surface area contributed by atoms with Crippen LogP contribution in [0.2, 0.25) is 0 Å². The van der Waals surface area contributed by atoms with Gasteiger partial charge in [0.2, 0.25) is 0 Å². The van der Waals surface area contributed by atoms with Crippen molar-refractivity contribution in [2.45, 2.75) is 11.3 Å². The summed E-state index contributed by atoms with van der Waals surface area (Å²) >= 11 is 8.49. The van der Waals surface area contributed by atoms with Crippen LogP contribution in [0.25, 0.3) is 0 Å². The number of hydrogen-bond donors (Lipinski definition) is 0. The summed E-state index contributed by atoms with van der Waals surface area (Å²) in [5.74, 6) is -2.65. The molecular formula is C3H2ClF2IZn. The van der Waals surface area contributed by atoms with Crippen molar-refractivity contribution in [3.8, 4) is 0 Å². The van der Waals surface area contributed by atoms with E-state index in [1.807, 2.05) is 0 Å². The summed E-state index contributed by atoms with van der Waals surface area (Å²) in [5.41, 5.74) is 0. The summed E-state index contributed by atoms with van der Waals surface area (Å²) in [6.07, 6.45) is 0.786. The van der Waals surface area contributed by atoms with Crippen LogP contribution in [0.15, 0.2) is 0 Å². The second kappa shape index (κ2) is 3.62. The van der Waals surface area contributed by atoms with Crippen LogP contribution >= 0.6 is 31.4 Å². The monoisotopic (exact) mass is 302 g/mol. The molecule has 0 amide bonds. The molecule has 1 aliphatic rings. The third-order valence-corrected chi connectivity index (χ3v) is 1.04. The van der Waals surface area contributed by atoms with Crippen molar-refractivity contribution in [3.63, 3.8) is 0 Å². The predicted octanol–water partition coefficient (Wildman–Crippen LogP) is 2.33. The van der Waals surface area contributed by atoms with E-state index in [-0.39, 0.29) is 0 Å². The molecule has 0 saturated heterocycles. The Bertz CT molecular complexity index is 79.7. The first-order chi connectivity index (χ1) is 3.63. The van der Waals surface area contributed by atoms with Crippen LogP contribution in [-0.4, -0.2) is 11.3 Å².